The van der Waals surface area contributed by atoms with Crippen molar-refractivity contribution in [2.75, 3.05) is 12.3 Å². The van der Waals surface area contributed by atoms with Gasteiger partial charge in [-0.05, 0) is 30.5 Å². The number of nitrogens with two attached hydrogens (primary N) is 1. The first-order valence-corrected chi connectivity index (χ1v) is 7.21. The standard InChI is InChI=1S/C18H23NO2/c1-5-20-17-12-13(10-11-15(17)19)21-16-9-7-6-8-14(16)18(2,3)4/h6-12H,5,19H2,1-4H3. The highest BCUT2D eigenvalue weighted by Gasteiger charge is 2.19. The maximum Gasteiger partial charge on any atom is 0.145 e. The zero-order valence-corrected chi connectivity index (χ0v) is 13.1. The first-order valence-electron chi connectivity index (χ1n) is 7.21. The summed E-state index contributed by atoms with van der Waals surface area (Å²) in [5.41, 5.74) is 7.69. The van der Waals surface area contributed by atoms with E-state index in [-0.39, 0.29) is 5.41 Å². The van der Waals surface area contributed by atoms with E-state index in [1.165, 1.54) is 5.56 Å². The molecule has 0 fully saturated rings. The first kappa shape index (κ1) is 15.2. The van der Waals surface area contributed by atoms with Gasteiger partial charge in [-0.15, -0.1) is 0 Å². The Morgan fingerprint density at radius 2 is 1.71 bits per heavy atom. The number of rotatable bonds is 4. The van der Waals surface area contributed by atoms with Crippen LogP contribution in [0.15, 0.2) is 42.5 Å². The molecule has 0 bridgehead atoms. The summed E-state index contributed by atoms with van der Waals surface area (Å²) in [6.07, 6.45) is 0. The zero-order valence-electron chi connectivity index (χ0n) is 13.1. The molecule has 0 saturated carbocycles. The Balaban J connectivity index is 2.33. The molecule has 0 aromatic heterocycles. The molecule has 3 nitrogen and oxygen atoms in total. The summed E-state index contributed by atoms with van der Waals surface area (Å²) in [5.74, 6) is 2.24. The second-order valence-electron chi connectivity index (χ2n) is 5.98. The van der Waals surface area contributed by atoms with Gasteiger partial charge >= 0.3 is 0 Å². The topological polar surface area (TPSA) is 44.5 Å². The van der Waals surface area contributed by atoms with E-state index in [1.54, 1.807) is 6.07 Å². The van der Waals surface area contributed by atoms with Crippen LogP contribution in [0.3, 0.4) is 0 Å². The van der Waals surface area contributed by atoms with Crippen LogP contribution in [0.25, 0.3) is 0 Å². The molecule has 2 aromatic rings. The van der Waals surface area contributed by atoms with Crippen LogP contribution in [-0.4, -0.2) is 6.61 Å². The van der Waals surface area contributed by atoms with Crippen LogP contribution in [0.5, 0.6) is 17.2 Å². The fraction of sp³-hybridized carbons (Fsp3) is 0.333. The molecule has 0 spiro atoms. The van der Waals surface area contributed by atoms with Crippen LogP contribution in [0.1, 0.15) is 33.3 Å². The average Bonchev–Trinajstić information content (AvgIpc) is 2.42. The molecule has 0 amide bonds. The number of anilines is 1. The van der Waals surface area contributed by atoms with Gasteiger partial charge in [-0.25, -0.2) is 0 Å². The van der Waals surface area contributed by atoms with E-state index >= 15 is 0 Å². The maximum absolute atomic E-state index is 6.04. The average molecular weight is 285 g/mol. The van der Waals surface area contributed by atoms with Crippen LogP contribution in [0, 0.1) is 0 Å². The first-order chi connectivity index (χ1) is 9.91. The molecule has 0 aliphatic carbocycles. The van der Waals surface area contributed by atoms with E-state index in [9.17, 15) is 0 Å². The summed E-state index contributed by atoms with van der Waals surface area (Å²) in [5, 5.41) is 0. The highest BCUT2D eigenvalue weighted by molar-refractivity contribution is 5.56. The van der Waals surface area contributed by atoms with Crippen LogP contribution < -0.4 is 15.2 Å². The molecule has 0 unspecified atom stereocenters. The lowest BCUT2D eigenvalue weighted by Gasteiger charge is -2.22. The summed E-state index contributed by atoms with van der Waals surface area (Å²) < 4.78 is 11.5. The van der Waals surface area contributed by atoms with Crippen molar-refractivity contribution in [2.24, 2.45) is 0 Å². The number of ether oxygens (including phenoxy) is 2. The third kappa shape index (κ3) is 3.69. The summed E-state index contributed by atoms with van der Waals surface area (Å²) in [6, 6.07) is 13.6. The lowest BCUT2D eigenvalue weighted by molar-refractivity contribution is 0.340. The van der Waals surface area contributed by atoms with Gasteiger partial charge in [-0.2, -0.15) is 0 Å². The monoisotopic (exact) mass is 285 g/mol. The predicted octanol–water partition coefficient (Wildman–Crippen LogP) is 4.76. The maximum atomic E-state index is 6.04. The highest BCUT2D eigenvalue weighted by Crippen LogP contribution is 2.35. The van der Waals surface area contributed by atoms with Gasteiger partial charge < -0.3 is 15.2 Å². The van der Waals surface area contributed by atoms with Crippen molar-refractivity contribution in [1.29, 1.82) is 0 Å². The third-order valence-electron chi connectivity index (χ3n) is 3.21. The van der Waals surface area contributed by atoms with E-state index in [0.717, 1.165) is 11.5 Å². The number of nitrogen functional groups attached to an aromatic ring is 1. The molecule has 0 aliphatic rings. The Bertz CT molecular complexity index is 615. The van der Waals surface area contributed by atoms with Crippen molar-refractivity contribution in [2.45, 2.75) is 33.1 Å². The van der Waals surface area contributed by atoms with Gasteiger partial charge in [0.1, 0.15) is 17.2 Å². The number of hydrogen-bond donors (Lipinski definition) is 1. The van der Waals surface area contributed by atoms with Crippen molar-refractivity contribution in [3.05, 3.63) is 48.0 Å². The van der Waals surface area contributed by atoms with Gasteiger partial charge in [0.25, 0.3) is 0 Å². The molecule has 21 heavy (non-hydrogen) atoms. The Hall–Kier alpha value is -2.16. The normalized spacial score (nSPS) is 11.2. The Morgan fingerprint density at radius 3 is 2.38 bits per heavy atom. The quantitative estimate of drug-likeness (QED) is 0.824. The zero-order chi connectivity index (χ0) is 15.5. The lowest BCUT2D eigenvalue weighted by atomic mass is 9.86. The van der Waals surface area contributed by atoms with Crippen molar-refractivity contribution in [3.8, 4) is 17.2 Å². The molecule has 0 saturated heterocycles. The van der Waals surface area contributed by atoms with Gasteiger partial charge in [0, 0.05) is 11.6 Å². The third-order valence-corrected chi connectivity index (χ3v) is 3.21. The van der Waals surface area contributed by atoms with Gasteiger partial charge in [-0.1, -0.05) is 39.0 Å². The lowest BCUT2D eigenvalue weighted by Crippen LogP contribution is -2.12. The smallest absolute Gasteiger partial charge is 0.145 e. The van der Waals surface area contributed by atoms with E-state index < -0.39 is 0 Å². The summed E-state index contributed by atoms with van der Waals surface area (Å²) in [6.45, 7) is 9.02. The van der Waals surface area contributed by atoms with E-state index in [2.05, 4.69) is 26.8 Å². The summed E-state index contributed by atoms with van der Waals surface area (Å²) >= 11 is 0. The predicted molar refractivity (Wildman–Crippen MR) is 87.2 cm³/mol. The molecule has 3 heteroatoms. The van der Waals surface area contributed by atoms with Crippen LogP contribution >= 0.6 is 0 Å². The molecular formula is C18H23NO2. The molecule has 0 radical (unpaired) electrons. The largest absolute Gasteiger partial charge is 0.492 e. The number of hydrogen-bond acceptors (Lipinski definition) is 3. The molecule has 0 heterocycles. The minimum atomic E-state index is 0.0210. The molecule has 2 N–H and O–H groups in total. The molecule has 2 rings (SSSR count). The fourth-order valence-corrected chi connectivity index (χ4v) is 2.16. The highest BCUT2D eigenvalue weighted by atomic mass is 16.5. The molecule has 112 valence electrons. The van der Waals surface area contributed by atoms with Crippen molar-refractivity contribution in [3.63, 3.8) is 0 Å². The Morgan fingerprint density at radius 1 is 1.00 bits per heavy atom. The van der Waals surface area contributed by atoms with Gasteiger partial charge in [0.2, 0.25) is 0 Å². The summed E-state index contributed by atoms with van der Waals surface area (Å²) in [7, 11) is 0. The van der Waals surface area contributed by atoms with Crippen LogP contribution in [0.4, 0.5) is 5.69 Å². The fourth-order valence-electron chi connectivity index (χ4n) is 2.16. The van der Waals surface area contributed by atoms with Gasteiger partial charge in [0.15, 0.2) is 0 Å². The van der Waals surface area contributed by atoms with Crippen LogP contribution in [0.2, 0.25) is 0 Å². The van der Waals surface area contributed by atoms with E-state index in [4.69, 9.17) is 15.2 Å². The molecule has 0 atom stereocenters. The second kappa shape index (κ2) is 6.08. The minimum Gasteiger partial charge on any atom is -0.492 e. The van der Waals surface area contributed by atoms with E-state index in [1.807, 2.05) is 37.3 Å². The minimum absolute atomic E-state index is 0.0210. The van der Waals surface area contributed by atoms with E-state index in [0.29, 0.717) is 18.0 Å². The SMILES string of the molecule is CCOc1cc(Oc2ccccc2C(C)(C)C)ccc1N. The van der Waals surface area contributed by atoms with Gasteiger partial charge in [0.05, 0.1) is 12.3 Å². The number of para-hydroxylation sites is 1. The molecular weight excluding hydrogens is 262 g/mol. The van der Waals surface area contributed by atoms with Crippen molar-refractivity contribution >= 4 is 5.69 Å². The molecule has 2 aromatic carbocycles. The summed E-state index contributed by atoms with van der Waals surface area (Å²) in [4.78, 5) is 0. The van der Waals surface area contributed by atoms with Crippen molar-refractivity contribution in [1.82, 2.24) is 0 Å². The van der Waals surface area contributed by atoms with Crippen LogP contribution in [-0.2, 0) is 5.41 Å². The molecule has 0 aliphatic heterocycles. The van der Waals surface area contributed by atoms with Crippen molar-refractivity contribution < 1.29 is 9.47 Å². The number of benzene rings is 2. The van der Waals surface area contributed by atoms with Gasteiger partial charge in [-0.3, -0.25) is 0 Å². The second-order valence-corrected chi connectivity index (χ2v) is 5.98. The Kier molecular flexibility index (Phi) is 4.41. The Labute approximate surface area is 126 Å².